The summed E-state index contributed by atoms with van der Waals surface area (Å²) in [4.78, 5) is 14.9. The standard InChI is InChI=1S/C13H21N3OS2/c1-4-5-6-7-18-12-10-11(14)15-13(17)16(10)8(2)9(3)19-12/h11H,4-7,14H2,1-3H3,(H,15,17). The van der Waals surface area contributed by atoms with E-state index in [2.05, 4.69) is 19.2 Å². The van der Waals surface area contributed by atoms with E-state index in [1.807, 2.05) is 18.7 Å². The first-order chi connectivity index (χ1) is 9.06. The van der Waals surface area contributed by atoms with E-state index in [9.17, 15) is 4.79 Å². The largest absolute Gasteiger partial charge is 0.327 e. The lowest BCUT2D eigenvalue weighted by atomic mass is 10.3. The van der Waals surface area contributed by atoms with Crippen molar-refractivity contribution in [2.75, 3.05) is 5.75 Å². The number of nitrogens with two attached hydrogens (primary N) is 1. The molecule has 106 valence electrons. The van der Waals surface area contributed by atoms with Crippen LogP contribution in [0.1, 0.15) is 40.0 Å². The minimum atomic E-state index is -0.378. The predicted molar refractivity (Wildman–Crippen MR) is 83.3 cm³/mol. The molecule has 6 heteroatoms. The summed E-state index contributed by atoms with van der Waals surface area (Å²) < 4.78 is 1.17. The van der Waals surface area contributed by atoms with Crippen LogP contribution in [0.25, 0.3) is 0 Å². The number of nitrogens with zero attached hydrogens (tertiary/aromatic N) is 1. The number of fused-ring (bicyclic) bond motifs is 1. The molecule has 1 unspecified atom stereocenters. The highest BCUT2D eigenvalue weighted by Crippen LogP contribution is 2.46. The molecule has 1 fully saturated rings. The van der Waals surface area contributed by atoms with Crippen LogP contribution in [0.5, 0.6) is 0 Å². The highest BCUT2D eigenvalue weighted by molar-refractivity contribution is 8.24. The number of carbonyl (C=O) groups excluding carboxylic acids is 1. The molecule has 0 saturated carbocycles. The maximum atomic E-state index is 11.9. The minimum Gasteiger partial charge on any atom is -0.317 e. The SMILES string of the molecule is CCCCCSC1=C2C(N)NC(=O)N2C(C)=C(C)S1. The number of amides is 2. The summed E-state index contributed by atoms with van der Waals surface area (Å²) in [7, 11) is 0. The third-order valence-electron chi connectivity index (χ3n) is 3.30. The van der Waals surface area contributed by atoms with Crippen LogP contribution in [0, 0.1) is 0 Å². The number of hydrogen-bond acceptors (Lipinski definition) is 4. The van der Waals surface area contributed by atoms with E-state index >= 15 is 0 Å². The van der Waals surface area contributed by atoms with Crippen LogP contribution < -0.4 is 11.1 Å². The van der Waals surface area contributed by atoms with Crippen molar-refractivity contribution >= 4 is 29.6 Å². The molecule has 1 atom stereocenters. The van der Waals surface area contributed by atoms with E-state index in [4.69, 9.17) is 5.73 Å². The lowest BCUT2D eigenvalue weighted by Gasteiger charge is -2.27. The fraction of sp³-hybridized carbons (Fsp3) is 0.615. The van der Waals surface area contributed by atoms with Gasteiger partial charge in [0.2, 0.25) is 0 Å². The molecule has 2 aliphatic heterocycles. The van der Waals surface area contributed by atoms with Gasteiger partial charge in [-0.25, -0.2) is 4.79 Å². The number of hydrogen-bond donors (Lipinski definition) is 2. The van der Waals surface area contributed by atoms with Crippen molar-refractivity contribution in [2.45, 2.75) is 46.2 Å². The first-order valence-electron chi connectivity index (χ1n) is 6.64. The Morgan fingerprint density at radius 3 is 2.84 bits per heavy atom. The van der Waals surface area contributed by atoms with Crippen LogP contribution in [-0.4, -0.2) is 22.8 Å². The summed E-state index contributed by atoms with van der Waals surface area (Å²) >= 11 is 3.56. The Morgan fingerprint density at radius 1 is 1.42 bits per heavy atom. The molecule has 0 radical (unpaired) electrons. The summed E-state index contributed by atoms with van der Waals surface area (Å²) in [6, 6.07) is -0.105. The molecule has 4 nitrogen and oxygen atoms in total. The summed E-state index contributed by atoms with van der Waals surface area (Å²) in [6.45, 7) is 6.23. The molecular weight excluding hydrogens is 278 g/mol. The second-order valence-electron chi connectivity index (χ2n) is 4.73. The Bertz CT molecular complexity index is 445. The van der Waals surface area contributed by atoms with E-state index in [1.54, 1.807) is 16.7 Å². The van der Waals surface area contributed by atoms with Gasteiger partial charge in [0, 0.05) is 10.6 Å². The van der Waals surface area contributed by atoms with Gasteiger partial charge in [-0.2, -0.15) is 0 Å². The fourth-order valence-electron chi connectivity index (χ4n) is 2.11. The molecule has 0 aliphatic carbocycles. The quantitative estimate of drug-likeness (QED) is 0.764. The van der Waals surface area contributed by atoms with Gasteiger partial charge in [-0.15, -0.1) is 11.8 Å². The number of urea groups is 1. The van der Waals surface area contributed by atoms with Crippen LogP contribution >= 0.6 is 23.5 Å². The van der Waals surface area contributed by atoms with Crippen LogP contribution in [-0.2, 0) is 0 Å². The van der Waals surface area contributed by atoms with Crippen LogP contribution in [0.4, 0.5) is 4.79 Å². The van der Waals surface area contributed by atoms with E-state index in [0.717, 1.165) is 17.1 Å². The minimum absolute atomic E-state index is 0.105. The molecule has 2 heterocycles. The Kier molecular flexibility index (Phi) is 4.86. The molecular formula is C13H21N3OS2. The van der Waals surface area contributed by atoms with Crippen molar-refractivity contribution < 1.29 is 4.79 Å². The van der Waals surface area contributed by atoms with Crippen molar-refractivity contribution in [2.24, 2.45) is 5.73 Å². The topological polar surface area (TPSA) is 58.4 Å². The van der Waals surface area contributed by atoms with Gasteiger partial charge >= 0.3 is 6.03 Å². The molecule has 1 saturated heterocycles. The summed E-state index contributed by atoms with van der Waals surface area (Å²) in [5, 5.41) is 2.79. The lowest BCUT2D eigenvalue weighted by Crippen LogP contribution is -2.33. The third kappa shape index (κ3) is 2.95. The molecule has 3 N–H and O–H groups in total. The van der Waals surface area contributed by atoms with Crippen molar-refractivity contribution in [1.82, 2.24) is 10.2 Å². The monoisotopic (exact) mass is 299 g/mol. The summed E-state index contributed by atoms with van der Waals surface area (Å²) in [5.74, 6) is 1.08. The first kappa shape index (κ1) is 14.8. The van der Waals surface area contributed by atoms with E-state index in [0.29, 0.717) is 0 Å². The highest BCUT2D eigenvalue weighted by Gasteiger charge is 2.39. The van der Waals surface area contributed by atoms with Gasteiger partial charge in [-0.05, 0) is 26.0 Å². The fourth-order valence-corrected chi connectivity index (χ4v) is 4.71. The molecule has 0 bridgehead atoms. The second kappa shape index (κ2) is 6.24. The third-order valence-corrected chi connectivity index (χ3v) is 5.86. The van der Waals surface area contributed by atoms with Crippen LogP contribution in [0.15, 0.2) is 20.5 Å². The Morgan fingerprint density at radius 2 is 2.16 bits per heavy atom. The zero-order valence-electron chi connectivity index (χ0n) is 11.7. The Hall–Kier alpha value is -0.590. The smallest absolute Gasteiger partial charge is 0.317 e. The van der Waals surface area contributed by atoms with Gasteiger partial charge in [-0.1, -0.05) is 31.5 Å². The van der Waals surface area contributed by atoms with Crippen molar-refractivity contribution in [3.05, 3.63) is 20.5 Å². The van der Waals surface area contributed by atoms with Gasteiger partial charge in [0.1, 0.15) is 6.17 Å². The van der Waals surface area contributed by atoms with Gasteiger partial charge in [0.05, 0.1) is 9.93 Å². The zero-order valence-corrected chi connectivity index (χ0v) is 13.3. The van der Waals surface area contributed by atoms with Gasteiger partial charge < -0.3 is 11.1 Å². The molecule has 0 spiro atoms. The zero-order chi connectivity index (χ0) is 14.0. The molecule has 2 rings (SSSR count). The van der Waals surface area contributed by atoms with Crippen LogP contribution in [0.3, 0.4) is 0 Å². The maximum Gasteiger partial charge on any atom is 0.327 e. The molecule has 0 aromatic heterocycles. The molecule has 2 aliphatic rings. The lowest BCUT2D eigenvalue weighted by molar-refractivity contribution is 0.230. The first-order valence-corrected chi connectivity index (χ1v) is 8.45. The normalized spacial score (nSPS) is 23.1. The Balaban J connectivity index is 2.16. The van der Waals surface area contributed by atoms with Crippen molar-refractivity contribution in [1.29, 1.82) is 0 Å². The highest BCUT2D eigenvalue weighted by atomic mass is 32.2. The molecule has 2 amide bonds. The number of thioether (sulfide) groups is 2. The predicted octanol–water partition coefficient (Wildman–Crippen LogP) is 3.39. The molecule has 0 aromatic rings. The average Bonchev–Trinajstić information content (AvgIpc) is 2.66. The van der Waals surface area contributed by atoms with Crippen molar-refractivity contribution in [3.8, 4) is 0 Å². The van der Waals surface area contributed by atoms with E-state index in [-0.39, 0.29) is 12.2 Å². The van der Waals surface area contributed by atoms with Crippen LogP contribution in [0.2, 0.25) is 0 Å². The van der Waals surface area contributed by atoms with Crippen molar-refractivity contribution in [3.63, 3.8) is 0 Å². The van der Waals surface area contributed by atoms with Gasteiger partial charge in [0.15, 0.2) is 0 Å². The summed E-state index contributed by atoms with van der Waals surface area (Å²) in [5.41, 5.74) is 7.95. The maximum absolute atomic E-state index is 11.9. The average molecular weight is 299 g/mol. The van der Waals surface area contributed by atoms with Gasteiger partial charge in [-0.3, -0.25) is 4.90 Å². The molecule has 0 aromatic carbocycles. The molecule has 19 heavy (non-hydrogen) atoms. The number of unbranched alkanes of at least 4 members (excludes halogenated alkanes) is 2. The number of allylic oxidation sites excluding steroid dienone is 2. The van der Waals surface area contributed by atoms with Gasteiger partial charge in [0.25, 0.3) is 0 Å². The number of carbonyl (C=O) groups is 1. The van der Waals surface area contributed by atoms with E-state index < -0.39 is 0 Å². The van der Waals surface area contributed by atoms with E-state index in [1.165, 1.54) is 28.4 Å². The summed E-state index contributed by atoms with van der Waals surface area (Å²) in [6.07, 6.45) is 3.30. The number of rotatable bonds is 5. The number of nitrogens with one attached hydrogen (secondary N) is 1. The second-order valence-corrected chi connectivity index (χ2v) is 7.32. The Labute approximate surface area is 123 Å².